The van der Waals surface area contributed by atoms with E-state index in [9.17, 15) is 53.4 Å². The normalized spacial score (nSPS) is 27.7. The van der Waals surface area contributed by atoms with Crippen LogP contribution in [-0.2, 0) is 62.2 Å². The lowest BCUT2D eigenvalue weighted by Gasteiger charge is -2.40. The number of allylic oxidation sites excluding steroid dienone is 2. The van der Waals surface area contributed by atoms with Crippen molar-refractivity contribution in [2.45, 2.75) is 235 Å². The van der Waals surface area contributed by atoms with Crippen LogP contribution in [0.3, 0.4) is 0 Å². The Hall–Kier alpha value is -6.94. The molecule has 2 rings (SSSR count). The molecule has 0 aromatic carbocycles. The summed E-state index contributed by atoms with van der Waals surface area (Å²) in [5, 5.41) is 37.0. The molecule has 0 saturated carbocycles. The van der Waals surface area contributed by atoms with Gasteiger partial charge in [-0.3, -0.25) is 52.7 Å². The number of nitrogens with zero attached hydrogens (tertiary/aromatic N) is 7. The van der Waals surface area contributed by atoms with Crippen LogP contribution in [0.5, 0.6) is 0 Å². The molecule has 28 heteroatoms. The lowest BCUT2D eigenvalue weighted by molar-refractivity contribution is -0.155. The number of rotatable bonds is 16. The Balaban J connectivity index is 3.08. The second-order valence-electron chi connectivity index (χ2n) is 27.8. The van der Waals surface area contributed by atoms with E-state index in [1.54, 1.807) is 53.7 Å². The Kier molecular flexibility index (Phi) is 33.6. The predicted octanol–water partition coefficient (Wildman–Crippen LogP) is 1.49. The smallest absolute Gasteiger partial charge is 0.410 e. The van der Waals surface area contributed by atoms with E-state index < -0.39 is 168 Å². The lowest BCUT2D eigenvalue weighted by Crippen LogP contribution is -2.65. The molecular weight excluding hydrogens is 1220 g/mol. The van der Waals surface area contributed by atoms with Crippen molar-refractivity contribution in [3.05, 3.63) is 12.2 Å². The monoisotopic (exact) mass is 1330 g/mol. The van der Waals surface area contributed by atoms with E-state index in [2.05, 4.69) is 26.6 Å². The van der Waals surface area contributed by atoms with Crippen molar-refractivity contribution in [1.82, 2.24) is 60.9 Å². The van der Waals surface area contributed by atoms with Crippen molar-refractivity contribution in [2.75, 3.05) is 68.6 Å². The van der Waals surface area contributed by atoms with Crippen LogP contribution < -0.4 is 26.6 Å². The van der Waals surface area contributed by atoms with Gasteiger partial charge in [-0.05, 0) is 109 Å². The molecule has 0 aliphatic carbocycles. The molecule has 0 bridgehead atoms. The molecule has 15 atom stereocenters. The fourth-order valence-corrected chi connectivity index (χ4v) is 11.7. The van der Waals surface area contributed by atoms with Crippen LogP contribution in [0, 0.1) is 35.5 Å². The van der Waals surface area contributed by atoms with E-state index in [1.165, 1.54) is 86.7 Å². The number of carbonyl (C=O) groups excluding carboxylic acids is 12. The van der Waals surface area contributed by atoms with Gasteiger partial charge in [0, 0.05) is 55.4 Å². The Labute approximate surface area is 558 Å². The average Bonchev–Trinajstić information content (AvgIpc) is 0.818. The zero-order chi connectivity index (χ0) is 72.2. The zero-order valence-electron chi connectivity index (χ0n) is 60.3. The van der Waals surface area contributed by atoms with E-state index in [0.29, 0.717) is 0 Å². The molecule has 2 heterocycles. The van der Waals surface area contributed by atoms with Crippen LogP contribution in [-0.4, -0.2) is 269 Å². The molecule has 28 nitrogen and oxygen atoms in total. The highest BCUT2D eigenvalue weighted by Gasteiger charge is 2.47. The number of aliphatic hydroxyl groups excluding tert-OH is 2. The third-order valence-electron chi connectivity index (χ3n) is 17.4. The Morgan fingerprint density at radius 1 is 0.500 bits per heavy atom. The molecule has 94 heavy (non-hydrogen) atoms. The summed E-state index contributed by atoms with van der Waals surface area (Å²) in [5.74, 6) is -11.5. The van der Waals surface area contributed by atoms with E-state index in [4.69, 9.17) is 9.47 Å². The van der Waals surface area contributed by atoms with Crippen molar-refractivity contribution >= 4 is 71.1 Å². The van der Waals surface area contributed by atoms with Gasteiger partial charge in [0.2, 0.25) is 65.0 Å². The molecule has 1 unspecified atom stereocenters. The molecule has 0 radical (unpaired) electrons. The van der Waals surface area contributed by atoms with Gasteiger partial charge in [0.25, 0.3) is 0 Å². The highest BCUT2D eigenvalue weighted by Crippen LogP contribution is 2.25. The van der Waals surface area contributed by atoms with Crippen LogP contribution in [0.1, 0.15) is 150 Å². The minimum atomic E-state index is -1.85. The molecule has 2 aliphatic heterocycles. The lowest BCUT2D eigenvalue weighted by atomic mass is 9.91. The fourth-order valence-electron chi connectivity index (χ4n) is 11.7. The summed E-state index contributed by atoms with van der Waals surface area (Å²) in [4.78, 5) is 184. The summed E-state index contributed by atoms with van der Waals surface area (Å²) < 4.78 is 11.3. The van der Waals surface area contributed by atoms with Gasteiger partial charge in [0.05, 0.1) is 25.4 Å². The van der Waals surface area contributed by atoms with Crippen LogP contribution in [0.2, 0.25) is 0 Å². The van der Waals surface area contributed by atoms with Crippen molar-refractivity contribution in [3.63, 3.8) is 0 Å². The largest absolute Gasteiger partial charge is 0.444 e. The molecule has 0 aromatic rings. The third kappa shape index (κ3) is 23.2. The van der Waals surface area contributed by atoms with Crippen LogP contribution in [0.25, 0.3) is 0 Å². The first kappa shape index (κ1) is 83.2. The minimum absolute atomic E-state index is 0.00124. The third-order valence-corrected chi connectivity index (χ3v) is 17.4. The first-order valence-electron chi connectivity index (χ1n) is 33.2. The van der Waals surface area contributed by atoms with E-state index in [0.717, 1.165) is 24.5 Å². The van der Waals surface area contributed by atoms with Gasteiger partial charge in [-0.15, -0.1) is 0 Å². The first-order valence-corrected chi connectivity index (χ1v) is 33.2. The van der Waals surface area contributed by atoms with Gasteiger partial charge in [0.1, 0.15) is 72.6 Å². The molecular formula is C66H116N12O16. The number of amides is 12. The SMILES string of the molecule is C/C=C/C[C@@H](C)[C@@H](O)[C@H]1C(=O)N[C@@H]([C@@H](C)O)C(=O)N(C)[C@H](C)C(=O)N(C)[C@@H](C(C)OC(=O)N2CCOCC2)C(=O)N[C@@H](CC(C)C)C(=O)N(C)[C@H](CC(C)C)C(=O)N[C@@H](C)C(=O)N[C@H](C)C(=O)N(C)[C@@H](CC(C)C)C(=O)N[C@@H](CC(C)C)C(=O)N(C)[C@@H](C(C)C)C(=O)N1C. The summed E-state index contributed by atoms with van der Waals surface area (Å²) in [6, 6.07) is -15.9. The summed E-state index contributed by atoms with van der Waals surface area (Å²) >= 11 is 0. The Morgan fingerprint density at radius 3 is 1.39 bits per heavy atom. The van der Waals surface area contributed by atoms with Crippen molar-refractivity contribution in [3.8, 4) is 0 Å². The Morgan fingerprint density at radius 2 is 0.926 bits per heavy atom. The van der Waals surface area contributed by atoms with Gasteiger partial charge >= 0.3 is 6.09 Å². The maximum atomic E-state index is 15.2. The molecule has 0 spiro atoms. The zero-order valence-corrected chi connectivity index (χ0v) is 60.3. The van der Waals surface area contributed by atoms with Gasteiger partial charge < -0.3 is 80.6 Å². The number of likely N-dealkylation sites (N-methyl/N-ethyl adjacent to an activating group) is 6. The first-order chi connectivity index (χ1) is 43.5. The van der Waals surface area contributed by atoms with Crippen LogP contribution in [0.4, 0.5) is 4.79 Å². The fraction of sp³-hybridized carbons (Fsp3) is 0.788. The van der Waals surface area contributed by atoms with Crippen molar-refractivity contribution in [1.29, 1.82) is 0 Å². The topological polar surface area (TPSA) is 347 Å². The quantitative estimate of drug-likeness (QED) is 0.108. The highest BCUT2D eigenvalue weighted by atomic mass is 16.6. The Bertz CT molecular complexity index is 2630. The van der Waals surface area contributed by atoms with Gasteiger partial charge in [0.15, 0.2) is 0 Å². The molecule has 2 fully saturated rings. The molecule has 12 amide bonds. The van der Waals surface area contributed by atoms with Gasteiger partial charge in [-0.25, -0.2) is 4.79 Å². The molecule has 2 saturated heterocycles. The van der Waals surface area contributed by atoms with Crippen LogP contribution >= 0.6 is 0 Å². The summed E-state index contributed by atoms with van der Waals surface area (Å²) in [7, 11) is 7.84. The maximum Gasteiger partial charge on any atom is 0.410 e. The van der Waals surface area contributed by atoms with Crippen LogP contribution in [0.15, 0.2) is 12.2 Å². The summed E-state index contributed by atoms with van der Waals surface area (Å²) in [6.07, 6.45) is -1.66. The number of ether oxygens (including phenoxy) is 2. The summed E-state index contributed by atoms with van der Waals surface area (Å²) in [5.41, 5.74) is 0. The minimum Gasteiger partial charge on any atom is -0.444 e. The number of nitrogens with one attached hydrogen (secondary N) is 5. The van der Waals surface area contributed by atoms with Crippen molar-refractivity contribution < 1.29 is 77.2 Å². The standard InChI is InChI=1S/C66H116N12O16/c1-24-25-26-40(12)54(80)53-59(85)71-50(44(16)79)64(90)72(18)43(15)61(87)76(22)52(45(17)94-66(92)78-27-29-93-30-28-78)58(84)70-46(31-35(2)3)62(88)74(20)48(33-37(6)7)56(82)67-41(13)55(81)68-42(14)60(86)73(19)49(34-38(8)9)57(83)69-47(32-36(4)5)63(89)75(21)51(39(10)11)65(91)77(53)23/h24-25,35-54,79-80H,26-34H2,1-23H3,(H,67,82)(H,68,81)(H,69,83)(H,70,84)(H,71,85)/b25-24+/t40-,41+,42-,43-,44-,45?,46+,47+,48-,49+,50+,51+,52+,53+,54-/m1/s1. The molecule has 2 aliphatic rings. The molecule has 7 N–H and O–H groups in total. The summed E-state index contributed by atoms with van der Waals surface area (Å²) in [6.45, 7) is 28.7. The highest BCUT2D eigenvalue weighted by molar-refractivity contribution is 6.00. The second-order valence-corrected chi connectivity index (χ2v) is 27.8. The molecule has 536 valence electrons. The predicted molar refractivity (Wildman–Crippen MR) is 353 cm³/mol. The average molecular weight is 1330 g/mol. The van der Waals surface area contributed by atoms with E-state index in [-0.39, 0.29) is 82.1 Å². The van der Waals surface area contributed by atoms with Crippen molar-refractivity contribution in [2.24, 2.45) is 35.5 Å². The number of carbonyl (C=O) groups is 12. The van der Waals surface area contributed by atoms with Gasteiger partial charge in [-0.1, -0.05) is 88.3 Å². The van der Waals surface area contributed by atoms with Gasteiger partial charge in [-0.2, -0.15) is 0 Å². The van der Waals surface area contributed by atoms with E-state index >= 15 is 14.4 Å². The number of hydrogen-bond acceptors (Lipinski definition) is 16. The number of hydrogen-bond donors (Lipinski definition) is 7. The number of aliphatic hydroxyl groups is 2. The van der Waals surface area contributed by atoms with E-state index in [1.807, 2.05) is 41.5 Å². The second kappa shape index (κ2) is 38.0. The molecule has 0 aromatic heterocycles. The maximum absolute atomic E-state index is 15.2. The number of morpholine rings is 1.